The molecule has 0 saturated heterocycles. The van der Waals surface area contributed by atoms with Crippen LogP contribution in [0.1, 0.15) is 10.4 Å². The summed E-state index contributed by atoms with van der Waals surface area (Å²) in [7, 11) is 0. The predicted octanol–water partition coefficient (Wildman–Crippen LogP) is 6.17. The Morgan fingerprint density at radius 3 is 2.63 bits per heavy atom. The number of hydrogen-bond donors (Lipinski definition) is 2. The molecule has 4 aromatic rings. The van der Waals surface area contributed by atoms with Gasteiger partial charge in [0.15, 0.2) is 4.34 Å². The largest absolute Gasteiger partial charge is 0.507 e. The maximum Gasteiger partial charge on any atom is 0.259 e. The van der Waals surface area contributed by atoms with Crippen LogP contribution >= 0.6 is 39.0 Å². The number of para-hydroxylation sites is 1. The van der Waals surface area contributed by atoms with Crippen LogP contribution in [-0.2, 0) is 0 Å². The monoisotopic (exact) mass is 456 g/mol. The third-order valence-corrected chi connectivity index (χ3v) is 6.39. The Morgan fingerprint density at radius 1 is 1.07 bits per heavy atom. The lowest BCUT2D eigenvalue weighted by atomic mass is 10.2. The highest BCUT2D eigenvalue weighted by atomic mass is 79.9. The summed E-state index contributed by atoms with van der Waals surface area (Å²) in [6, 6.07) is 20.4. The number of amides is 1. The Balaban J connectivity index is 1.47. The van der Waals surface area contributed by atoms with Crippen molar-refractivity contribution in [2.75, 3.05) is 5.32 Å². The van der Waals surface area contributed by atoms with E-state index in [9.17, 15) is 9.90 Å². The van der Waals surface area contributed by atoms with Gasteiger partial charge in [-0.15, -0.1) is 11.3 Å². The number of nitrogens with one attached hydrogen (secondary N) is 1. The van der Waals surface area contributed by atoms with Crippen molar-refractivity contribution in [3.63, 3.8) is 0 Å². The van der Waals surface area contributed by atoms with E-state index in [1.54, 1.807) is 35.2 Å². The topological polar surface area (TPSA) is 62.2 Å². The van der Waals surface area contributed by atoms with Gasteiger partial charge >= 0.3 is 0 Å². The molecule has 0 atom stereocenters. The van der Waals surface area contributed by atoms with E-state index < -0.39 is 0 Å². The molecule has 0 fully saturated rings. The molecule has 4 nitrogen and oxygen atoms in total. The summed E-state index contributed by atoms with van der Waals surface area (Å²) in [4.78, 5) is 18.0. The fraction of sp³-hybridized carbons (Fsp3) is 0. The molecular formula is C20H13BrN2O2S2. The summed E-state index contributed by atoms with van der Waals surface area (Å²) in [5.74, 6) is -0.418. The number of hydrogen-bond acceptors (Lipinski definition) is 5. The van der Waals surface area contributed by atoms with Crippen molar-refractivity contribution in [1.82, 2.24) is 4.98 Å². The molecule has 0 bridgehead atoms. The SMILES string of the molecule is O=C(Nc1ccc(Sc2nc3ccccc3s2)cc1)c1cc(Br)ccc1O. The average molecular weight is 457 g/mol. The van der Waals surface area contributed by atoms with Gasteiger partial charge in [-0.2, -0.15) is 0 Å². The quantitative estimate of drug-likeness (QED) is 0.385. The van der Waals surface area contributed by atoms with Gasteiger partial charge in [0.1, 0.15) is 5.75 Å². The molecule has 27 heavy (non-hydrogen) atoms. The highest BCUT2D eigenvalue weighted by molar-refractivity contribution is 9.10. The first-order chi connectivity index (χ1) is 13.1. The van der Waals surface area contributed by atoms with E-state index in [4.69, 9.17) is 0 Å². The van der Waals surface area contributed by atoms with Crippen molar-refractivity contribution in [3.05, 3.63) is 76.8 Å². The number of aromatic nitrogens is 1. The lowest BCUT2D eigenvalue weighted by Crippen LogP contribution is -2.12. The highest BCUT2D eigenvalue weighted by Crippen LogP contribution is 2.34. The zero-order valence-electron chi connectivity index (χ0n) is 13.8. The molecule has 0 aliphatic carbocycles. The molecule has 4 rings (SSSR count). The average Bonchev–Trinajstić information content (AvgIpc) is 3.07. The zero-order chi connectivity index (χ0) is 18.8. The first-order valence-corrected chi connectivity index (χ1v) is 10.4. The van der Waals surface area contributed by atoms with Crippen LogP contribution in [0.4, 0.5) is 5.69 Å². The number of thiazole rings is 1. The fourth-order valence-corrected chi connectivity index (χ4v) is 4.89. The molecule has 0 spiro atoms. The minimum Gasteiger partial charge on any atom is -0.507 e. The van der Waals surface area contributed by atoms with Crippen LogP contribution in [0.3, 0.4) is 0 Å². The van der Waals surface area contributed by atoms with Crippen LogP contribution in [0.5, 0.6) is 5.75 Å². The first-order valence-electron chi connectivity index (χ1n) is 8.02. The summed E-state index contributed by atoms with van der Waals surface area (Å²) < 4.78 is 2.87. The van der Waals surface area contributed by atoms with Crippen molar-refractivity contribution in [2.24, 2.45) is 0 Å². The lowest BCUT2D eigenvalue weighted by Gasteiger charge is -2.08. The van der Waals surface area contributed by atoms with Gasteiger partial charge in [-0.05, 0) is 54.6 Å². The molecule has 0 radical (unpaired) electrons. The molecule has 1 heterocycles. The molecule has 2 N–H and O–H groups in total. The van der Waals surface area contributed by atoms with Gasteiger partial charge in [0.2, 0.25) is 0 Å². The van der Waals surface area contributed by atoms with Gasteiger partial charge in [-0.1, -0.05) is 39.8 Å². The van der Waals surface area contributed by atoms with Gasteiger partial charge < -0.3 is 10.4 Å². The van der Waals surface area contributed by atoms with Crippen LogP contribution < -0.4 is 5.32 Å². The predicted molar refractivity (Wildman–Crippen MR) is 114 cm³/mol. The number of phenols is 1. The van der Waals surface area contributed by atoms with E-state index in [-0.39, 0.29) is 17.2 Å². The van der Waals surface area contributed by atoms with Gasteiger partial charge in [-0.3, -0.25) is 4.79 Å². The number of rotatable bonds is 4. The van der Waals surface area contributed by atoms with Crippen LogP contribution in [0.2, 0.25) is 0 Å². The molecule has 0 unspecified atom stereocenters. The Kier molecular flexibility index (Phi) is 5.15. The zero-order valence-corrected chi connectivity index (χ0v) is 17.1. The molecule has 134 valence electrons. The molecule has 7 heteroatoms. The minimum absolute atomic E-state index is 0.0567. The molecule has 3 aromatic carbocycles. The minimum atomic E-state index is -0.361. The second-order valence-electron chi connectivity index (χ2n) is 5.69. The molecule has 0 saturated carbocycles. The number of carbonyl (C=O) groups excluding carboxylic acids is 1. The second-order valence-corrected chi connectivity index (χ2v) is 8.96. The van der Waals surface area contributed by atoms with Crippen LogP contribution in [0.15, 0.2) is 80.4 Å². The van der Waals surface area contributed by atoms with Gasteiger partial charge in [0, 0.05) is 15.1 Å². The van der Waals surface area contributed by atoms with Crippen LogP contribution in [0.25, 0.3) is 10.2 Å². The summed E-state index contributed by atoms with van der Waals surface area (Å²) in [5.41, 5.74) is 1.88. The molecule has 0 aliphatic rings. The van der Waals surface area contributed by atoms with E-state index >= 15 is 0 Å². The number of halogens is 1. The Labute approximate surface area is 172 Å². The van der Waals surface area contributed by atoms with Crippen molar-refractivity contribution >= 4 is 60.8 Å². The van der Waals surface area contributed by atoms with Crippen molar-refractivity contribution < 1.29 is 9.90 Å². The van der Waals surface area contributed by atoms with Crippen LogP contribution in [0, 0.1) is 0 Å². The van der Waals surface area contributed by atoms with Crippen molar-refractivity contribution in [3.8, 4) is 5.75 Å². The van der Waals surface area contributed by atoms with E-state index in [1.807, 2.05) is 42.5 Å². The van der Waals surface area contributed by atoms with E-state index in [1.165, 1.54) is 6.07 Å². The smallest absolute Gasteiger partial charge is 0.259 e. The normalized spacial score (nSPS) is 10.9. The summed E-state index contributed by atoms with van der Waals surface area (Å²) >= 11 is 6.55. The van der Waals surface area contributed by atoms with E-state index in [0.717, 1.165) is 23.9 Å². The number of phenolic OH excluding ortho intramolecular Hbond substituents is 1. The number of benzene rings is 3. The lowest BCUT2D eigenvalue weighted by molar-refractivity contribution is 0.102. The van der Waals surface area contributed by atoms with Crippen molar-refractivity contribution in [1.29, 1.82) is 0 Å². The van der Waals surface area contributed by atoms with Gasteiger partial charge in [0.05, 0.1) is 15.8 Å². The summed E-state index contributed by atoms with van der Waals surface area (Å²) in [6.45, 7) is 0. The number of anilines is 1. The molecule has 0 aliphatic heterocycles. The number of nitrogens with zero attached hydrogens (tertiary/aromatic N) is 1. The highest BCUT2D eigenvalue weighted by Gasteiger charge is 2.12. The Hall–Kier alpha value is -2.35. The Bertz CT molecular complexity index is 1090. The van der Waals surface area contributed by atoms with Crippen LogP contribution in [-0.4, -0.2) is 16.0 Å². The third kappa shape index (κ3) is 4.16. The fourth-order valence-electron chi connectivity index (χ4n) is 2.49. The third-order valence-electron chi connectivity index (χ3n) is 3.79. The number of carbonyl (C=O) groups is 1. The van der Waals surface area contributed by atoms with Gasteiger partial charge in [-0.25, -0.2) is 4.98 Å². The van der Waals surface area contributed by atoms with E-state index in [0.29, 0.717) is 5.69 Å². The maximum atomic E-state index is 12.4. The molecule has 1 amide bonds. The van der Waals surface area contributed by atoms with Gasteiger partial charge in [0.25, 0.3) is 5.91 Å². The molecule has 1 aromatic heterocycles. The second kappa shape index (κ2) is 7.72. The Morgan fingerprint density at radius 2 is 1.85 bits per heavy atom. The first kappa shape index (κ1) is 18.0. The number of aromatic hydroxyl groups is 1. The molecular weight excluding hydrogens is 444 g/mol. The van der Waals surface area contributed by atoms with E-state index in [2.05, 4.69) is 32.3 Å². The number of fused-ring (bicyclic) bond motifs is 1. The maximum absolute atomic E-state index is 12.4. The van der Waals surface area contributed by atoms with Crippen molar-refractivity contribution in [2.45, 2.75) is 9.24 Å². The standard InChI is InChI=1S/C20H13BrN2O2S2/c21-12-5-10-17(24)15(11-12)19(25)22-13-6-8-14(9-7-13)26-20-23-16-3-1-2-4-18(16)27-20/h1-11,24H,(H,22,25). The summed E-state index contributed by atoms with van der Waals surface area (Å²) in [6.07, 6.45) is 0. The summed E-state index contributed by atoms with van der Waals surface area (Å²) in [5, 5.41) is 12.7.